The minimum atomic E-state index is -0.123. The van der Waals surface area contributed by atoms with Gasteiger partial charge in [0.25, 0.3) is 0 Å². The molecule has 0 fully saturated rings. The third-order valence-corrected chi connectivity index (χ3v) is 4.28. The summed E-state index contributed by atoms with van der Waals surface area (Å²) in [7, 11) is 0. The van der Waals surface area contributed by atoms with Crippen LogP contribution < -0.4 is 10.6 Å². The fourth-order valence-electron chi connectivity index (χ4n) is 1.83. The summed E-state index contributed by atoms with van der Waals surface area (Å²) in [6.07, 6.45) is 5.14. The molecule has 0 N–H and O–H groups in total. The van der Waals surface area contributed by atoms with Gasteiger partial charge in [0.15, 0.2) is 0 Å². The molecule has 1 unspecified atom stereocenters. The third kappa shape index (κ3) is 4.12. The summed E-state index contributed by atoms with van der Waals surface area (Å²) in [5.41, 5.74) is -0.123. The van der Waals surface area contributed by atoms with Gasteiger partial charge >= 0.3 is 10.6 Å². The SMILES string of the molecule is CCCCn1c(=O)sn(CCCC(C)CC)c1=O. The topological polar surface area (TPSA) is 44.0 Å². The predicted octanol–water partition coefficient (Wildman–Crippen LogP) is 2.70. The normalized spacial score (nSPS) is 12.8. The lowest BCUT2D eigenvalue weighted by Crippen LogP contribution is -2.29. The molecule has 4 nitrogen and oxygen atoms in total. The van der Waals surface area contributed by atoms with E-state index >= 15 is 0 Å². The Morgan fingerprint density at radius 3 is 2.50 bits per heavy atom. The van der Waals surface area contributed by atoms with Gasteiger partial charge < -0.3 is 0 Å². The summed E-state index contributed by atoms with van der Waals surface area (Å²) in [6, 6.07) is 0. The number of hydrogen-bond acceptors (Lipinski definition) is 3. The molecule has 0 aliphatic carbocycles. The molecule has 0 bridgehead atoms. The zero-order chi connectivity index (χ0) is 13.5. The summed E-state index contributed by atoms with van der Waals surface area (Å²) in [4.78, 5) is 23.5. The first kappa shape index (κ1) is 15.2. The molecule has 0 saturated heterocycles. The zero-order valence-corrected chi connectivity index (χ0v) is 12.5. The molecule has 0 aliphatic rings. The van der Waals surface area contributed by atoms with Crippen molar-refractivity contribution in [1.29, 1.82) is 0 Å². The molecule has 1 atom stereocenters. The van der Waals surface area contributed by atoms with Crippen LogP contribution in [0.25, 0.3) is 0 Å². The van der Waals surface area contributed by atoms with Crippen molar-refractivity contribution in [2.24, 2.45) is 5.92 Å². The van der Waals surface area contributed by atoms with Gasteiger partial charge in [-0.25, -0.2) is 13.3 Å². The van der Waals surface area contributed by atoms with E-state index in [0.29, 0.717) is 19.0 Å². The van der Waals surface area contributed by atoms with Crippen molar-refractivity contribution in [2.75, 3.05) is 0 Å². The average molecular weight is 272 g/mol. The number of rotatable bonds is 8. The summed E-state index contributed by atoms with van der Waals surface area (Å²) in [5.74, 6) is 0.694. The van der Waals surface area contributed by atoms with E-state index in [1.807, 2.05) is 0 Å². The molecule has 0 radical (unpaired) electrons. The van der Waals surface area contributed by atoms with E-state index in [9.17, 15) is 9.59 Å². The lowest BCUT2D eigenvalue weighted by atomic mass is 10.0. The molecule has 0 aliphatic heterocycles. The summed E-state index contributed by atoms with van der Waals surface area (Å²) < 4.78 is 2.98. The van der Waals surface area contributed by atoms with Crippen molar-refractivity contribution in [3.8, 4) is 0 Å². The lowest BCUT2D eigenvalue weighted by molar-refractivity contribution is 0.468. The number of nitrogens with zero attached hydrogens (tertiary/aromatic N) is 2. The maximum Gasteiger partial charge on any atom is 0.341 e. The highest BCUT2D eigenvalue weighted by Crippen LogP contribution is 2.09. The van der Waals surface area contributed by atoms with Crippen LogP contribution in [0.3, 0.4) is 0 Å². The molecule has 104 valence electrons. The molecule has 18 heavy (non-hydrogen) atoms. The van der Waals surface area contributed by atoms with Crippen LogP contribution in [-0.4, -0.2) is 8.52 Å². The average Bonchev–Trinajstić information content (AvgIpc) is 2.62. The molecule has 0 saturated carbocycles. The van der Waals surface area contributed by atoms with Crippen LogP contribution in [0.5, 0.6) is 0 Å². The van der Waals surface area contributed by atoms with Crippen LogP contribution in [-0.2, 0) is 13.1 Å². The van der Waals surface area contributed by atoms with Crippen molar-refractivity contribution in [1.82, 2.24) is 8.52 Å². The second kappa shape index (κ2) is 7.56. The highest BCUT2D eigenvalue weighted by atomic mass is 32.1. The number of aromatic nitrogens is 2. The Labute approximate surface area is 112 Å². The maximum absolute atomic E-state index is 12.0. The van der Waals surface area contributed by atoms with E-state index in [1.54, 1.807) is 3.96 Å². The first-order valence-corrected chi connectivity index (χ1v) is 7.68. The zero-order valence-electron chi connectivity index (χ0n) is 11.6. The fraction of sp³-hybridized carbons (Fsp3) is 0.846. The van der Waals surface area contributed by atoms with Crippen molar-refractivity contribution < 1.29 is 0 Å². The summed E-state index contributed by atoms with van der Waals surface area (Å²) >= 11 is 1.06. The van der Waals surface area contributed by atoms with Crippen LogP contribution in [0.15, 0.2) is 9.59 Å². The van der Waals surface area contributed by atoms with Crippen LogP contribution in [0, 0.1) is 5.92 Å². The van der Waals surface area contributed by atoms with Crippen molar-refractivity contribution >= 4 is 11.5 Å². The molecular formula is C13H24N2O2S. The number of hydrogen-bond donors (Lipinski definition) is 0. The molecule has 1 aromatic rings. The Morgan fingerprint density at radius 2 is 1.89 bits per heavy atom. The highest BCUT2D eigenvalue weighted by Gasteiger charge is 2.09. The molecule has 1 aromatic heterocycles. The van der Waals surface area contributed by atoms with Gasteiger partial charge in [-0.2, -0.15) is 0 Å². The second-order valence-electron chi connectivity index (χ2n) is 4.90. The standard InChI is InChI=1S/C13H24N2O2S/c1-4-6-9-14-12(16)15(18-13(14)17)10-7-8-11(3)5-2/h11H,4-10H2,1-3H3. The van der Waals surface area contributed by atoms with Gasteiger partial charge in [0.1, 0.15) is 0 Å². The Kier molecular flexibility index (Phi) is 6.39. The van der Waals surface area contributed by atoms with Crippen molar-refractivity contribution in [2.45, 2.75) is 66.0 Å². The van der Waals surface area contributed by atoms with Crippen LogP contribution in [0.2, 0.25) is 0 Å². The molecule has 5 heteroatoms. The largest absolute Gasteiger partial charge is 0.341 e. The fourth-order valence-corrected chi connectivity index (χ4v) is 2.68. The van der Waals surface area contributed by atoms with E-state index in [2.05, 4.69) is 20.8 Å². The first-order valence-electron chi connectivity index (χ1n) is 6.91. The number of aryl methyl sites for hydroxylation is 1. The van der Waals surface area contributed by atoms with E-state index < -0.39 is 0 Å². The predicted molar refractivity (Wildman–Crippen MR) is 76.4 cm³/mol. The van der Waals surface area contributed by atoms with E-state index in [1.165, 1.54) is 11.0 Å². The Morgan fingerprint density at radius 1 is 1.17 bits per heavy atom. The molecule has 0 spiro atoms. The molecule has 0 amide bonds. The second-order valence-corrected chi connectivity index (χ2v) is 5.88. The third-order valence-electron chi connectivity index (χ3n) is 3.34. The first-order chi connectivity index (χ1) is 8.60. The summed E-state index contributed by atoms with van der Waals surface area (Å²) in [5, 5.41) is 0. The molecule has 1 heterocycles. The smallest absolute Gasteiger partial charge is 0.255 e. The van der Waals surface area contributed by atoms with E-state index in [4.69, 9.17) is 0 Å². The van der Waals surface area contributed by atoms with Gasteiger partial charge in [0.2, 0.25) is 0 Å². The van der Waals surface area contributed by atoms with Gasteiger partial charge in [0.05, 0.1) is 0 Å². The minimum Gasteiger partial charge on any atom is -0.255 e. The lowest BCUT2D eigenvalue weighted by Gasteiger charge is -2.06. The quantitative estimate of drug-likeness (QED) is 0.730. The van der Waals surface area contributed by atoms with Crippen molar-refractivity contribution in [3.05, 3.63) is 20.2 Å². The number of unbranched alkanes of at least 4 members (excludes halogenated alkanes) is 1. The minimum absolute atomic E-state index is 0.114. The maximum atomic E-state index is 12.0. The summed E-state index contributed by atoms with van der Waals surface area (Å²) in [6.45, 7) is 7.70. The monoisotopic (exact) mass is 272 g/mol. The Hall–Kier alpha value is -0.840. The Bertz CT molecular complexity index is 458. The van der Waals surface area contributed by atoms with Crippen LogP contribution in [0.4, 0.5) is 0 Å². The van der Waals surface area contributed by atoms with E-state index in [-0.39, 0.29) is 10.6 Å². The van der Waals surface area contributed by atoms with Gasteiger partial charge in [-0.3, -0.25) is 4.79 Å². The van der Waals surface area contributed by atoms with Gasteiger partial charge in [-0.1, -0.05) is 33.6 Å². The molecular weight excluding hydrogens is 248 g/mol. The molecule has 1 rings (SSSR count). The van der Waals surface area contributed by atoms with E-state index in [0.717, 1.165) is 37.2 Å². The Balaban J connectivity index is 2.62. The van der Waals surface area contributed by atoms with Crippen molar-refractivity contribution in [3.63, 3.8) is 0 Å². The van der Waals surface area contributed by atoms with Gasteiger partial charge in [-0.05, 0) is 25.2 Å². The molecule has 0 aromatic carbocycles. The van der Waals surface area contributed by atoms with Gasteiger partial charge in [-0.15, -0.1) is 0 Å². The van der Waals surface area contributed by atoms with Gasteiger partial charge in [0, 0.05) is 24.6 Å². The highest BCUT2D eigenvalue weighted by molar-refractivity contribution is 7.03. The van der Waals surface area contributed by atoms with Crippen LogP contribution >= 0.6 is 11.5 Å². The van der Waals surface area contributed by atoms with Crippen LogP contribution in [0.1, 0.15) is 52.9 Å².